The van der Waals surface area contributed by atoms with Gasteiger partial charge in [0, 0.05) is 6.04 Å². The summed E-state index contributed by atoms with van der Waals surface area (Å²) in [5, 5.41) is 6.69. The lowest BCUT2D eigenvalue weighted by Gasteiger charge is -2.30. The molecule has 0 aromatic carbocycles. The predicted molar refractivity (Wildman–Crippen MR) is 57.7 cm³/mol. The van der Waals surface area contributed by atoms with Gasteiger partial charge >= 0.3 is 6.18 Å². The van der Waals surface area contributed by atoms with Gasteiger partial charge in [-0.3, -0.25) is 0 Å². The Kier molecular flexibility index (Phi) is 3.89. The summed E-state index contributed by atoms with van der Waals surface area (Å²) < 4.78 is 42.7. The van der Waals surface area contributed by atoms with E-state index < -0.39 is 12.1 Å². The van der Waals surface area contributed by atoms with Crippen LogP contribution in [0.15, 0.2) is 4.52 Å². The first-order valence-electron chi connectivity index (χ1n) is 6.04. The van der Waals surface area contributed by atoms with E-state index in [0.717, 1.165) is 6.42 Å². The van der Waals surface area contributed by atoms with E-state index in [0.29, 0.717) is 24.7 Å². The van der Waals surface area contributed by atoms with Crippen LogP contribution in [0, 0.1) is 12.8 Å². The summed E-state index contributed by atoms with van der Waals surface area (Å²) in [7, 11) is 0. The number of rotatable bonds is 3. The van der Waals surface area contributed by atoms with Gasteiger partial charge in [-0.2, -0.15) is 18.2 Å². The van der Waals surface area contributed by atoms with Crippen LogP contribution in [-0.2, 0) is 6.54 Å². The van der Waals surface area contributed by atoms with Gasteiger partial charge in [-0.05, 0) is 26.2 Å². The predicted octanol–water partition coefficient (Wildman–Crippen LogP) is 2.59. The third kappa shape index (κ3) is 3.44. The van der Waals surface area contributed by atoms with Crippen molar-refractivity contribution < 1.29 is 17.7 Å². The highest BCUT2D eigenvalue weighted by atomic mass is 19.4. The molecule has 7 heteroatoms. The third-order valence-corrected chi connectivity index (χ3v) is 3.25. The van der Waals surface area contributed by atoms with Crippen LogP contribution in [0.1, 0.15) is 37.4 Å². The molecule has 2 atom stereocenters. The van der Waals surface area contributed by atoms with E-state index in [1.165, 1.54) is 0 Å². The summed E-state index contributed by atoms with van der Waals surface area (Å²) in [6.07, 6.45) is -2.34. The highest BCUT2D eigenvalue weighted by Gasteiger charge is 2.42. The second-order valence-corrected chi connectivity index (χ2v) is 4.72. The number of alkyl halides is 3. The van der Waals surface area contributed by atoms with Crippen molar-refractivity contribution in [3.63, 3.8) is 0 Å². The Morgan fingerprint density at radius 2 is 2.17 bits per heavy atom. The number of hydrogen-bond acceptors (Lipinski definition) is 4. The van der Waals surface area contributed by atoms with Gasteiger partial charge in [-0.15, -0.1) is 0 Å². The van der Waals surface area contributed by atoms with Gasteiger partial charge < -0.3 is 9.84 Å². The molecule has 2 rings (SSSR count). The lowest BCUT2D eigenvalue weighted by molar-refractivity contribution is -0.183. The van der Waals surface area contributed by atoms with E-state index in [9.17, 15) is 13.2 Å². The first-order valence-corrected chi connectivity index (χ1v) is 6.04. The van der Waals surface area contributed by atoms with Gasteiger partial charge in [0.2, 0.25) is 5.89 Å². The maximum absolute atomic E-state index is 12.6. The first kappa shape index (κ1) is 13.3. The van der Waals surface area contributed by atoms with Crippen LogP contribution < -0.4 is 5.32 Å². The molecule has 102 valence electrons. The molecule has 0 saturated heterocycles. The maximum atomic E-state index is 12.6. The number of hydrogen-bond donors (Lipinski definition) is 1. The number of aromatic nitrogens is 2. The van der Waals surface area contributed by atoms with E-state index in [-0.39, 0.29) is 18.9 Å². The van der Waals surface area contributed by atoms with Gasteiger partial charge in [-0.1, -0.05) is 11.6 Å². The molecule has 1 N–H and O–H groups in total. The molecule has 1 fully saturated rings. The Hall–Kier alpha value is -1.11. The molecule has 1 aliphatic carbocycles. The molecule has 0 bridgehead atoms. The van der Waals surface area contributed by atoms with Crippen molar-refractivity contribution >= 4 is 0 Å². The van der Waals surface area contributed by atoms with Crippen LogP contribution in [0.5, 0.6) is 0 Å². The normalized spacial score (nSPS) is 25.3. The first-order chi connectivity index (χ1) is 8.45. The number of halogens is 3. The van der Waals surface area contributed by atoms with Gasteiger partial charge in [0.05, 0.1) is 12.5 Å². The molecular formula is C11H16F3N3O. The molecule has 1 aliphatic rings. The van der Waals surface area contributed by atoms with Gasteiger partial charge in [0.15, 0.2) is 5.82 Å². The fourth-order valence-electron chi connectivity index (χ4n) is 2.32. The summed E-state index contributed by atoms with van der Waals surface area (Å²) in [6.45, 7) is 2.03. The molecule has 1 aromatic rings. The molecule has 1 aromatic heterocycles. The fourth-order valence-corrected chi connectivity index (χ4v) is 2.32. The van der Waals surface area contributed by atoms with Crippen molar-refractivity contribution in [3.8, 4) is 0 Å². The van der Waals surface area contributed by atoms with Crippen LogP contribution in [0.25, 0.3) is 0 Å². The summed E-state index contributed by atoms with van der Waals surface area (Å²) in [6, 6.07) is -0.127. The highest BCUT2D eigenvalue weighted by Crippen LogP contribution is 2.37. The second-order valence-electron chi connectivity index (χ2n) is 4.72. The second kappa shape index (κ2) is 5.26. The van der Waals surface area contributed by atoms with Crippen LogP contribution >= 0.6 is 0 Å². The Morgan fingerprint density at radius 3 is 2.78 bits per heavy atom. The van der Waals surface area contributed by atoms with Crippen LogP contribution in [0.2, 0.25) is 0 Å². The van der Waals surface area contributed by atoms with E-state index >= 15 is 0 Å². The van der Waals surface area contributed by atoms with Crippen molar-refractivity contribution in [2.45, 2.75) is 51.4 Å². The minimum atomic E-state index is -4.08. The number of nitrogens with zero attached hydrogens (tertiary/aromatic N) is 2. The van der Waals surface area contributed by atoms with Crippen LogP contribution in [0.4, 0.5) is 13.2 Å². The minimum Gasteiger partial charge on any atom is -0.338 e. The van der Waals surface area contributed by atoms with E-state index in [1.807, 2.05) is 0 Å². The minimum absolute atomic E-state index is 0.127. The molecule has 1 saturated carbocycles. The standard InChI is InChI=1S/C11H16F3N3O/c1-7-16-10(18-17-7)6-15-9-4-2-3-8(5-9)11(12,13)14/h8-9,15H,2-6H2,1H3. The smallest absolute Gasteiger partial charge is 0.338 e. The van der Waals surface area contributed by atoms with Crippen molar-refractivity contribution in [3.05, 3.63) is 11.7 Å². The lowest BCUT2D eigenvalue weighted by atomic mass is 9.85. The topological polar surface area (TPSA) is 51.0 Å². The Labute approximate surface area is 103 Å². The van der Waals surface area contributed by atoms with E-state index in [4.69, 9.17) is 4.52 Å². The third-order valence-electron chi connectivity index (χ3n) is 3.25. The van der Waals surface area contributed by atoms with Gasteiger partial charge in [0.1, 0.15) is 0 Å². The summed E-state index contributed by atoms with van der Waals surface area (Å²) in [4.78, 5) is 4.00. The van der Waals surface area contributed by atoms with Crippen molar-refractivity contribution in [1.82, 2.24) is 15.5 Å². The fraction of sp³-hybridized carbons (Fsp3) is 0.818. The maximum Gasteiger partial charge on any atom is 0.391 e. The zero-order valence-corrected chi connectivity index (χ0v) is 10.1. The number of aryl methyl sites for hydroxylation is 1. The molecule has 0 aliphatic heterocycles. The molecule has 18 heavy (non-hydrogen) atoms. The summed E-state index contributed by atoms with van der Waals surface area (Å²) in [5.74, 6) is -0.238. The average Bonchev–Trinajstić information content (AvgIpc) is 2.72. The zero-order valence-electron chi connectivity index (χ0n) is 10.1. The quantitative estimate of drug-likeness (QED) is 0.910. The summed E-state index contributed by atoms with van der Waals surface area (Å²) in [5.41, 5.74) is 0. The van der Waals surface area contributed by atoms with E-state index in [2.05, 4.69) is 15.5 Å². The molecule has 1 heterocycles. The average molecular weight is 263 g/mol. The van der Waals surface area contributed by atoms with Gasteiger partial charge in [-0.25, -0.2) is 0 Å². The number of nitrogens with one attached hydrogen (secondary N) is 1. The van der Waals surface area contributed by atoms with Crippen LogP contribution in [0.3, 0.4) is 0 Å². The summed E-state index contributed by atoms with van der Waals surface area (Å²) >= 11 is 0. The largest absolute Gasteiger partial charge is 0.391 e. The van der Waals surface area contributed by atoms with Crippen LogP contribution in [-0.4, -0.2) is 22.4 Å². The molecule has 4 nitrogen and oxygen atoms in total. The molecule has 0 amide bonds. The molecule has 0 radical (unpaired) electrons. The Morgan fingerprint density at radius 1 is 1.39 bits per heavy atom. The Bertz CT molecular complexity index is 391. The van der Waals surface area contributed by atoms with Gasteiger partial charge in [0.25, 0.3) is 0 Å². The molecule has 0 spiro atoms. The monoisotopic (exact) mass is 263 g/mol. The highest BCUT2D eigenvalue weighted by molar-refractivity contribution is 4.86. The SMILES string of the molecule is Cc1noc(CNC2CCCC(C(F)(F)F)C2)n1. The lowest BCUT2D eigenvalue weighted by Crippen LogP contribution is -2.38. The van der Waals surface area contributed by atoms with Crippen molar-refractivity contribution in [1.29, 1.82) is 0 Å². The van der Waals surface area contributed by atoms with Crippen molar-refractivity contribution in [2.75, 3.05) is 0 Å². The molecule has 2 unspecified atom stereocenters. The van der Waals surface area contributed by atoms with Crippen molar-refractivity contribution in [2.24, 2.45) is 5.92 Å². The molecular weight excluding hydrogens is 247 g/mol. The van der Waals surface area contributed by atoms with E-state index in [1.54, 1.807) is 6.92 Å². The zero-order chi connectivity index (χ0) is 13.2. The Balaban J connectivity index is 1.83.